The molecule has 0 saturated carbocycles. The number of ether oxygens (including phenoxy) is 2. The van der Waals surface area contributed by atoms with Gasteiger partial charge in [-0.05, 0) is 42.3 Å². The van der Waals surface area contributed by atoms with Crippen molar-refractivity contribution < 1.29 is 18.7 Å². The van der Waals surface area contributed by atoms with Gasteiger partial charge in [0.05, 0.1) is 24.6 Å². The van der Waals surface area contributed by atoms with Gasteiger partial charge in [-0.15, -0.1) is 10.2 Å². The maximum absolute atomic E-state index is 12.7. The zero-order chi connectivity index (χ0) is 22.6. The van der Waals surface area contributed by atoms with Gasteiger partial charge in [0.2, 0.25) is 18.5 Å². The molecule has 8 nitrogen and oxygen atoms in total. The minimum absolute atomic E-state index is 0.0982. The number of amides is 1. The number of carbonyl (C=O) groups excluding carboxylic acids is 1. The summed E-state index contributed by atoms with van der Waals surface area (Å²) in [4.78, 5) is 12.7. The maximum atomic E-state index is 12.7. The molecule has 168 valence electrons. The SMILES string of the molecule is CC(NC(=O)CSc1nnc(-c2ccco2)n1Cc1ccccc1)c1ccc2c(c1)OCO2. The zero-order valence-electron chi connectivity index (χ0n) is 17.9. The van der Waals surface area contributed by atoms with Gasteiger partial charge >= 0.3 is 0 Å². The summed E-state index contributed by atoms with van der Waals surface area (Å²) in [6.07, 6.45) is 1.61. The highest BCUT2D eigenvalue weighted by molar-refractivity contribution is 7.99. The Hall–Kier alpha value is -3.72. The topological polar surface area (TPSA) is 91.4 Å². The number of hydrogen-bond acceptors (Lipinski definition) is 7. The number of hydrogen-bond donors (Lipinski definition) is 1. The van der Waals surface area contributed by atoms with Crippen molar-refractivity contribution in [2.75, 3.05) is 12.5 Å². The average Bonchev–Trinajstić information content (AvgIpc) is 3.59. The lowest BCUT2D eigenvalue weighted by Gasteiger charge is -2.15. The van der Waals surface area contributed by atoms with Crippen LogP contribution in [0.2, 0.25) is 0 Å². The Labute approximate surface area is 194 Å². The zero-order valence-corrected chi connectivity index (χ0v) is 18.7. The summed E-state index contributed by atoms with van der Waals surface area (Å²) >= 11 is 1.34. The molecule has 9 heteroatoms. The van der Waals surface area contributed by atoms with Crippen molar-refractivity contribution in [2.24, 2.45) is 0 Å². The molecule has 5 rings (SSSR count). The van der Waals surface area contributed by atoms with Crippen molar-refractivity contribution in [2.45, 2.75) is 24.7 Å². The molecule has 2 aromatic heterocycles. The molecule has 0 spiro atoms. The van der Waals surface area contributed by atoms with Crippen LogP contribution in [0.15, 0.2) is 76.5 Å². The van der Waals surface area contributed by atoms with E-state index in [1.807, 2.05) is 72.2 Å². The summed E-state index contributed by atoms with van der Waals surface area (Å²) in [6.45, 7) is 2.73. The predicted octanol–water partition coefficient (Wildman–Crippen LogP) is 4.28. The Kier molecular flexibility index (Phi) is 6.03. The van der Waals surface area contributed by atoms with Crippen molar-refractivity contribution >= 4 is 17.7 Å². The van der Waals surface area contributed by atoms with Crippen molar-refractivity contribution in [1.82, 2.24) is 20.1 Å². The van der Waals surface area contributed by atoms with Crippen LogP contribution in [-0.2, 0) is 11.3 Å². The highest BCUT2D eigenvalue weighted by Crippen LogP contribution is 2.34. The van der Waals surface area contributed by atoms with Crippen LogP contribution in [0.4, 0.5) is 0 Å². The molecule has 3 heterocycles. The van der Waals surface area contributed by atoms with Gasteiger partial charge in [0.25, 0.3) is 0 Å². The minimum atomic E-state index is -0.173. The minimum Gasteiger partial charge on any atom is -0.461 e. The van der Waals surface area contributed by atoms with Crippen LogP contribution in [0.3, 0.4) is 0 Å². The molecule has 2 aromatic carbocycles. The molecule has 1 aliphatic heterocycles. The number of fused-ring (bicyclic) bond motifs is 1. The highest BCUT2D eigenvalue weighted by Gasteiger charge is 2.20. The highest BCUT2D eigenvalue weighted by atomic mass is 32.2. The van der Waals surface area contributed by atoms with E-state index in [0.717, 1.165) is 16.9 Å². The van der Waals surface area contributed by atoms with E-state index in [2.05, 4.69) is 15.5 Å². The van der Waals surface area contributed by atoms with E-state index in [1.54, 1.807) is 6.26 Å². The third-order valence-corrected chi connectivity index (χ3v) is 6.22. The lowest BCUT2D eigenvalue weighted by molar-refractivity contribution is -0.119. The van der Waals surface area contributed by atoms with E-state index in [1.165, 1.54) is 11.8 Å². The molecule has 1 N–H and O–H groups in total. The van der Waals surface area contributed by atoms with Gasteiger partial charge in [0.15, 0.2) is 22.4 Å². The third kappa shape index (κ3) is 4.73. The molecule has 0 fully saturated rings. The van der Waals surface area contributed by atoms with Crippen LogP contribution >= 0.6 is 11.8 Å². The molecule has 0 bridgehead atoms. The Morgan fingerprint density at radius 2 is 1.94 bits per heavy atom. The van der Waals surface area contributed by atoms with Gasteiger partial charge < -0.3 is 19.2 Å². The van der Waals surface area contributed by atoms with Crippen molar-refractivity contribution in [1.29, 1.82) is 0 Å². The number of nitrogens with zero attached hydrogens (tertiary/aromatic N) is 3. The summed E-state index contributed by atoms with van der Waals surface area (Å²) in [6, 6.07) is 19.2. The molecule has 1 aliphatic rings. The van der Waals surface area contributed by atoms with Gasteiger partial charge in [-0.25, -0.2) is 0 Å². The van der Waals surface area contributed by atoms with Gasteiger partial charge in [0, 0.05) is 0 Å². The van der Waals surface area contributed by atoms with E-state index in [0.29, 0.717) is 29.0 Å². The van der Waals surface area contributed by atoms with Crippen molar-refractivity contribution in [3.63, 3.8) is 0 Å². The Bertz CT molecular complexity index is 1240. The number of thioether (sulfide) groups is 1. The molecule has 1 amide bonds. The monoisotopic (exact) mass is 462 g/mol. The first-order chi connectivity index (χ1) is 16.2. The first-order valence-corrected chi connectivity index (χ1v) is 11.5. The van der Waals surface area contributed by atoms with E-state index >= 15 is 0 Å². The molecule has 0 radical (unpaired) electrons. The normalized spacial score (nSPS) is 13.1. The number of benzene rings is 2. The van der Waals surface area contributed by atoms with Gasteiger partial charge in [0.1, 0.15) is 0 Å². The molecule has 33 heavy (non-hydrogen) atoms. The number of furan rings is 1. The van der Waals surface area contributed by atoms with E-state index in [4.69, 9.17) is 13.9 Å². The molecule has 0 saturated heterocycles. The first-order valence-electron chi connectivity index (χ1n) is 10.5. The summed E-state index contributed by atoms with van der Waals surface area (Å²) in [5.74, 6) is 2.78. The number of carbonyl (C=O) groups is 1. The fourth-order valence-electron chi connectivity index (χ4n) is 3.57. The van der Waals surface area contributed by atoms with E-state index in [9.17, 15) is 4.79 Å². The van der Waals surface area contributed by atoms with Gasteiger partial charge in [-0.2, -0.15) is 0 Å². The molecule has 0 aliphatic carbocycles. The summed E-state index contributed by atoms with van der Waals surface area (Å²) < 4.78 is 18.3. The summed E-state index contributed by atoms with van der Waals surface area (Å²) in [7, 11) is 0. The number of aromatic nitrogens is 3. The second kappa shape index (κ2) is 9.41. The maximum Gasteiger partial charge on any atom is 0.231 e. The van der Waals surface area contributed by atoms with Crippen molar-refractivity contribution in [3.8, 4) is 23.1 Å². The predicted molar refractivity (Wildman–Crippen MR) is 123 cm³/mol. The van der Waals surface area contributed by atoms with Gasteiger partial charge in [-0.3, -0.25) is 9.36 Å². The lowest BCUT2D eigenvalue weighted by Crippen LogP contribution is -2.28. The third-order valence-electron chi connectivity index (χ3n) is 5.25. The molecule has 4 aromatic rings. The fraction of sp³-hybridized carbons (Fsp3) is 0.208. The summed E-state index contributed by atoms with van der Waals surface area (Å²) in [5, 5.41) is 12.3. The smallest absolute Gasteiger partial charge is 0.231 e. The second-order valence-corrected chi connectivity index (χ2v) is 8.49. The fourth-order valence-corrected chi connectivity index (χ4v) is 4.32. The first kappa shape index (κ1) is 21.1. The number of rotatable bonds is 8. The number of nitrogens with one attached hydrogen (secondary N) is 1. The Morgan fingerprint density at radius 3 is 2.76 bits per heavy atom. The quantitative estimate of drug-likeness (QED) is 0.391. The Balaban J connectivity index is 1.27. The Morgan fingerprint density at radius 1 is 1.09 bits per heavy atom. The van der Waals surface area contributed by atoms with Crippen LogP contribution in [0.5, 0.6) is 11.5 Å². The molecule has 1 atom stereocenters. The van der Waals surface area contributed by atoms with Crippen molar-refractivity contribution in [3.05, 3.63) is 78.1 Å². The molecule has 1 unspecified atom stereocenters. The lowest BCUT2D eigenvalue weighted by atomic mass is 10.1. The van der Waals surface area contributed by atoms with Crippen LogP contribution in [0.25, 0.3) is 11.6 Å². The van der Waals surface area contributed by atoms with Crippen LogP contribution in [-0.4, -0.2) is 33.2 Å². The van der Waals surface area contributed by atoms with E-state index in [-0.39, 0.29) is 24.5 Å². The van der Waals surface area contributed by atoms with Crippen LogP contribution in [0.1, 0.15) is 24.1 Å². The molecular weight excluding hydrogens is 440 g/mol. The van der Waals surface area contributed by atoms with E-state index < -0.39 is 0 Å². The largest absolute Gasteiger partial charge is 0.461 e. The average molecular weight is 463 g/mol. The molecular formula is C24H22N4O4S. The van der Waals surface area contributed by atoms with Gasteiger partial charge in [-0.1, -0.05) is 48.2 Å². The second-order valence-electron chi connectivity index (χ2n) is 7.55. The summed E-state index contributed by atoms with van der Waals surface area (Å²) in [5.41, 5.74) is 2.05. The van der Waals surface area contributed by atoms with Crippen LogP contribution in [0, 0.1) is 0 Å². The van der Waals surface area contributed by atoms with Crippen LogP contribution < -0.4 is 14.8 Å². The standard InChI is InChI=1S/C24H22N4O4S/c1-16(18-9-10-19-21(12-18)32-15-31-19)25-22(29)14-33-24-27-26-23(20-8-5-11-30-20)28(24)13-17-6-3-2-4-7-17/h2-12,16H,13-15H2,1H3,(H,25,29).